The van der Waals surface area contributed by atoms with Crippen molar-refractivity contribution in [2.75, 3.05) is 13.7 Å². The Morgan fingerprint density at radius 3 is 2.38 bits per heavy atom. The van der Waals surface area contributed by atoms with E-state index in [0.717, 1.165) is 5.56 Å². The molecule has 0 bridgehead atoms. The fraction of sp³-hybridized carbons (Fsp3) is 0.136. The standard InChI is InChI=1S/C22H18ClNO5/c1-24(12-19-10-11-20(29-19)16-6-8-18(23)9-7-16)21(26)14-28-22(27)17-4-2-15(13-25)3-5-17/h2-11,13H,12,14H2,1H3. The molecule has 0 radical (unpaired) electrons. The Hall–Kier alpha value is -3.38. The number of hydrogen-bond donors (Lipinski definition) is 0. The molecule has 0 aliphatic rings. The lowest BCUT2D eigenvalue weighted by Crippen LogP contribution is -2.30. The van der Waals surface area contributed by atoms with Crippen LogP contribution < -0.4 is 0 Å². The molecule has 0 atom stereocenters. The second-order valence-electron chi connectivity index (χ2n) is 6.34. The number of amides is 1. The molecule has 29 heavy (non-hydrogen) atoms. The molecule has 2 aromatic carbocycles. The van der Waals surface area contributed by atoms with Gasteiger partial charge in [-0.25, -0.2) is 4.79 Å². The molecule has 0 unspecified atom stereocenters. The van der Waals surface area contributed by atoms with Gasteiger partial charge in [-0.2, -0.15) is 0 Å². The Balaban J connectivity index is 1.53. The fourth-order valence-electron chi connectivity index (χ4n) is 2.57. The minimum Gasteiger partial charge on any atom is -0.459 e. The minimum atomic E-state index is -0.632. The summed E-state index contributed by atoms with van der Waals surface area (Å²) in [5.74, 6) is 0.267. The van der Waals surface area contributed by atoms with Gasteiger partial charge in [0.1, 0.15) is 17.8 Å². The Morgan fingerprint density at radius 2 is 1.72 bits per heavy atom. The molecular formula is C22H18ClNO5. The normalized spacial score (nSPS) is 10.4. The van der Waals surface area contributed by atoms with Crippen LogP contribution >= 0.6 is 11.6 Å². The first-order chi connectivity index (χ1) is 14.0. The van der Waals surface area contributed by atoms with Gasteiger partial charge in [-0.15, -0.1) is 0 Å². The largest absolute Gasteiger partial charge is 0.459 e. The van der Waals surface area contributed by atoms with Crippen LogP contribution in [0.25, 0.3) is 11.3 Å². The maximum atomic E-state index is 12.2. The van der Waals surface area contributed by atoms with Gasteiger partial charge < -0.3 is 14.1 Å². The van der Waals surface area contributed by atoms with Gasteiger partial charge in [-0.1, -0.05) is 23.7 Å². The number of hydrogen-bond acceptors (Lipinski definition) is 5. The van der Waals surface area contributed by atoms with Gasteiger partial charge in [0.05, 0.1) is 12.1 Å². The van der Waals surface area contributed by atoms with Gasteiger partial charge in [-0.3, -0.25) is 9.59 Å². The number of likely N-dealkylation sites (N-methyl/N-ethyl adjacent to an activating group) is 1. The van der Waals surface area contributed by atoms with E-state index in [1.54, 1.807) is 25.2 Å². The zero-order valence-corrected chi connectivity index (χ0v) is 16.4. The maximum Gasteiger partial charge on any atom is 0.338 e. The highest BCUT2D eigenvalue weighted by Crippen LogP contribution is 2.24. The van der Waals surface area contributed by atoms with Gasteiger partial charge in [0.2, 0.25) is 0 Å². The summed E-state index contributed by atoms with van der Waals surface area (Å²) in [7, 11) is 1.60. The molecule has 7 heteroatoms. The molecule has 0 N–H and O–H groups in total. The number of benzene rings is 2. The molecule has 1 amide bonds. The Labute approximate surface area is 172 Å². The van der Waals surface area contributed by atoms with Crippen LogP contribution in [-0.4, -0.2) is 36.7 Å². The molecule has 0 spiro atoms. The van der Waals surface area contributed by atoms with Crippen LogP contribution in [0.5, 0.6) is 0 Å². The number of rotatable bonds is 7. The predicted octanol–water partition coefficient (Wildman–Crippen LogP) is 4.23. The summed E-state index contributed by atoms with van der Waals surface area (Å²) >= 11 is 5.89. The van der Waals surface area contributed by atoms with Crippen molar-refractivity contribution >= 4 is 29.8 Å². The van der Waals surface area contributed by atoms with Crippen molar-refractivity contribution in [3.8, 4) is 11.3 Å². The zero-order valence-electron chi connectivity index (χ0n) is 15.6. The average Bonchev–Trinajstić information content (AvgIpc) is 3.20. The second kappa shape index (κ2) is 9.21. The lowest BCUT2D eigenvalue weighted by molar-refractivity contribution is -0.133. The number of esters is 1. The van der Waals surface area contributed by atoms with Gasteiger partial charge in [0.15, 0.2) is 6.61 Å². The topological polar surface area (TPSA) is 76.8 Å². The maximum absolute atomic E-state index is 12.2. The van der Waals surface area contributed by atoms with Crippen LogP contribution in [0.3, 0.4) is 0 Å². The summed E-state index contributed by atoms with van der Waals surface area (Å²) < 4.78 is 10.8. The molecular weight excluding hydrogens is 394 g/mol. The molecule has 3 aromatic rings. The van der Waals surface area contributed by atoms with Crippen molar-refractivity contribution in [3.05, 3.63) is 82.6 Å². The molecule has 0 saturated heterocycles. The molecule has 0 saturated carbocycles. The summed E-state index contributed by atoms with van der Waals surface area (Å²) in [5, 5.41) is 0.639. The van der Waals surface area contributed by atoms with Gasteiger partial charge in [-0.05, 0) is 48.5 Å². The number of carbonyl (C=O) groups is 3. The third-order valence-corrected chi connectivity index (χ3v) is 4.47. The highest BCUT2D eigenvalue weighted by atomic mass is 35.5. The summed E-state index contributed by atoms with van der Waals surface area (Å²) in [5.41, 5.74) is 1.60. The summed E-state index contributed by atoms with van der Waals surface area (Å²) in [6.45, 7) is -0.159. The van der Waals surface area contributed by atoms with Gasteiger partial charge >= 0.3 is 5.97 Å². The molecule has 0 aliphatic carbocycles. The van der Waals surface area contributed by atoms with E-state index in [1.807, 2.05) is 18.2 Å². The summed E-state index contributed by atoms with van der Waals surface area (Å²) in [6, 6.07) is 16.8. The molecule has 0 fully saturated rings. The Morgan fingerprint density at radius 1 is 1.03 bits per heavy atom. The van der Waals surface area contributed by atoms with Crippen molar-refractivity contribution in [2.45, 2.75) is 6.54 Å². The lowest BCUT2D eigenvalue weighted by atomic mass is 10.1. The van der Waals surface area contributed by atoms with E-state index in [-0.39, 0.29) is 18.0 Å². The average molecular weight is 412 g/mol. The molecule has 148 valence electrons. The van der Waals surface area contributed by atoms with Gasteiger partial charge in [0, 0.05) is 23.2 Å². The van der Waals surface area contributed by atoms with E-state index in [2.05, 4.69) is 0 Å². The number of ether oxygens (including phenoxy) is 1. The number of aldehydes is 1. The number of halogens is 1. The van der Waals surface area contributed by atoms with Crippen molar-refractivity contribution < 1.29 is 23.5 Å². The third kappa shape index (κ3) is 5.33. The van der Waals surface area contributed by atoms with Crippen LogP contribution in [0, 0.1) is 0 Å². The summed E-state index contributed by atoms with van der Waals surface area (Å²) in [6.07, 6.45) is 0.681. The van der Waals surface area contributed by atoms with E-state index in [4.69, 9.17) is 20.8 Å². The van der Waals surface area contributed by atoms with Crippen molar-refractivity contribution in [3.63, 3.8) is 0 Å². The molecule has 6 nitrogen and oxygen atoms in total. The highest BCUT2D eigenvalue weighted by molar-refractivity contribution is 6.30. The molecule has 0 aliphatic heterocycles. The predicted molar refractivity (Wildman–Crippen MR) is 108 cm³/mol. The van der Waals surface area contributed by atoms with Crippen LogP contribution in [0.15, 0.2) is 65.1 Å². The zero-order chi connectivity index (χ0) is 20.8. The Kier molecular flexibility index (Phi) is 6.46. The van der Waals surface area contributed by atoms with Crippen molar-refractivity contribution in [1.29, 1.82) is 0 Å². The number of furan rings is 1. The van der Waals surface area contributed by atoms with E-state index in [1.165, 1.54) is 29.2 Å². The van der Waals surface area contributed by atoms with Crippen LogP contribution in [-0.2, 0) is 16.1 Å². The van der Waals surface area contributed by atoms with Crippen LogP contribution in [0.4, 0.5) is 0 Å². The van der Waals surface area contributed by atoms with Crippen molar-refractivity contribution in [2.24, 2.45) is 0 Å². The molecule has 1 heterocycles. The first kappa shape index (κ1) is 20.4. The third-order valence-electron chi connectivity index (χ3n) is 4.22. The number of carbonyl (C=O) groups excluding carboxylic acids is 3. The fourth-order valence-corrected chi connectivity index (χ4v) is 2.70. The first-order valence-electron chi connectivity index (χ1n) is 8.77. The quantitative estimate of drug-likeness (QED) is 0.429. The molecule has 1 aromatic heterocycles. The Bertz CT molecular complexity index is 1010. The lowest BCUT2D eigenvalue weighted by Gasteiger charge is -2.15. The van der Waals surface area contributed by atoms with E-state index in [9.17, 15) is 14.4 Å². The highest BCUT2D eigenvalue weighted by Gasteiger charge is 2.15. The number of nitrogens with zero attached hydrogens (tertiary/aromatic N) is 1. The minimum absolute atomic E-state index is 0.234. The molecule has 3 rings (SSSR count). The van der Waals surface area contributed by atoms with E-state index >= 15 is 0 Å². The van der Waals surface area contributed by atoms with Gasteiger partial charge in [0.25, 0.3) is 5.91 Å². The van der Waals surface area contributed by atoms with Crippen molar-refractivity contribution in [1.82, 2.24) is 4.90 Å². The second-order valence-corrected chi connectivity index (χ2v) is 6.78. The monoisotopic (exact) mass is 411 g/mol. The smallest absolute Gasteiger partial charge is 0.338 e. The van der Waals surface area contributed by atoms with E-state index < -0.39 is 12.6 Å². The SMILES string of the molecule is CN(Cc1ccc(-c2ccc(Cl)cc2)o1)C(=O)COC(=O)c1ccc(C=O)cc1. The van der Waals surface area contributed by atoms with Crippen LogP contribution in [0.2, 0.25) is 5.02 Å². The first-order valence-corrected chi connectivity index (χ1v) is 9.15. The van der Waals surface area contributed by atoms with Crippen LogP contribution in [0.1, 0.15) is 26.5 Å². The summed E-state index contributed by atoms with van der Waals surface area (Å²) in [4.78, 5) is 36.3. The van der Waals surface area contributed by atoms with E-state index in [0.29, 0.717) is 28.4 Å².